The minimum Gasteiger partial charge on any atom is -0.354 e. The van der Waals surface area contributed by atoms with E-state index in [0.717, 1.165) is 36.7 Å². The summed E-state index contributed by atoms with van der Waals surface area (Å²) in [6.45, 7) is 2.32. The molecular formula is C21H28F3N3O. The number of carbonyl (C=O) groups excluding carboxylic acids is 1. The summed E-state index contributed by atoms with van der Waals surface area (Å²) >= 11 is 0. The average Bonchev–Trinajstić information content (AvgIpc) is 3.35. The molecular weight excluding hydrogens is 367 g/mol. The number of carbonyl (C=O) groups is 1. The van der Waals surface area contributed by atoms with Gasteiger partial charge in [0.15, 0.2) is 5.69 Å². The molecule has 1 heterocycles. The van der Waals surface area contributed by atoms with Crippen LogP contribution in [0.4, 0.5) is 13.2 Å². The van der Waals surface area contributed by atoms with Gasteiger partial charge in [-0.25, -0.2) is 0 Å². The number of halogens is 3. The molecule has 1 aromatic rings. The van der Waals surface area contributed by atoms with Gasteiger partial charge in [0.1, 0.15) is 6.04 Å². The van der Waals surface area contributed by atoms with Gasteiger partial charge in [0.2, 0.25) is 5.91 Å². The van der Waals surface area contributed by atoms with E-state index in [1.807, 2.05) is 0 Å². The molecule has 0 aliphatic heterocycles. The number of rotatable bonds is 5. The quantitative estimate of drug-likeness (QED) is 0.787. The summed E-state index contributed by atoms with van der Waals surface area (Å²) in [6.07, 6.45) is 4.88. The van der Waals surface area contributed by atoms with Gasteiger partial charge in [-0.15, -0.1) is 0 Å². The van der Waals surface area contributed by atoms with Crippen molar-refractivity contribution >= 4 is 5.91 Å². The van der Waals surface area contributed by atoms with Crippen LogP contribution in [-0.4, -0.2) is 22.2 Å². The third-order valence-electron chi connectivity index (χ3n) is 7.60. The maximum absolute atomic E-state index is 13.1. The Morgan fingerprint density at radius 3 is 2.29 bits per heavy atom. The molecule has 0 spiro atoms. The second-order valence-electron chi connectivity index (χ2n) is 9.98. The Morgan fingerprint density at radius 2 is 1.79 bits per heavy atom. The topological polar surface area (TPSA) is 46.9 Å². The molecule has 1 unspecified atom stereocenters. The lowest BCUT2D eigenvalue weighted by Crippen LogP contribution is -2.51. The maximum atomic E-state index is 13.1. The predicted octanol–water partition coefficient (Wildman–Crippen LogP) is 4.67. The SMILES string of the molecule is CC(C(=O)NCC12CC3CC(CC(C3)C1)C2)n1nc(C(F)(F)F)cc1C1CC1. The van der Waals surface area contributed by atoms with Crippen molar-refractivity contribution in [3.63, 3.8) is 0 Å². The summed E-state index contributed by atoms with van der Waals surface area (Å²) in [7, 11) is 0. The van der Waals surface area contributed by atoms with Crippen LogP contribution in [0.3, 0.4) is 0 Å². The lowest BCUT2D eigenvalue weighted by molar-refractivity contribution is -0.142. The summed E-state index contributed by atoms with van der Waals surface area (Å²) in [5.41, 5.74) is -0.134. The number of alkyl halides is 3. The Labute approximate surface area is 163 Å². The van der Waals surface area contributed by atoms with E-state index in [-0.39, 0.29) is 17.2 Å². The Kier molecular flexibility index (Phi) is 4.12. The van der Waals surface area contributed by atoms with Crippen LogP contribution in [-0.2, 0) is 11.0 Å². The van der Waals surface area contributed by atoms with Gasteiger partial charge in [-0.05, 0) is 87.5 Å². The molecule has 5 saturated carbocycles. The van der Waals surface area contributed by atoms with Crippen molar-refractivity contribution in [2.45, 2.75) is 76.4 Å². The Hall–Kier alpha value is -1.53. The van der Waals surface area contributed by atoms with Crippen LogP contribution in [0.5, 0.6) is 0 Å². The zero-order chi connectivity index (χ0) is 19.7. The molecule has 1 amide bonds. The van der Waals surface area contributed by atoms with Crippen LogP contribution in [0.15, 0.2) is 6.07 Å². The van der Waals surface area contributed by atoms with Crippen LogP contribution < -0.4 is 5.32 Å². The minimum absolute atomic E-state index is 0.0991. The van der Waals surface area contributed by atoms with Crippen LogP contribution >= 0.6 is 0 Å². The summed E-state index contributed by atoms with van der Waals surface area (Å²) in [5.74, 6) is 2.31. The van der Waals surface area contributed by atoms with Gasteiger partial charge in [-0.3, -0.25) is 9.48 Å². The van der Waals surface area contributed by atoms with Gasteiger partial charge in [-0.1, -0.05) is 0 Å². The van der Waals surface area contributed by atoms with Gasteiger partial charge in [0.05, 0.1) is 0 Å². The van der Waals surface area contributed by atoms with Crippen LogP contribution in [0.25, 0.3) is 0 Å². The molecule has 4 bridgehead atoms. The Balaban J connectivity index is 1.29. The molecule has 1 atom stereocenters. The first-order valence-corrected chi connectivity index (χ1v) is 10.7. The molecule has 5 aliphatic carbocycles. The first-order chi connectivity index (χ1) is 13.2. The highest BCUT2D eigenvalue weighted by molar-refractivity contribution is 5.80. The van der Waals surface area contributed by atoms with Crippen molar-refractivity contribution in [1.82, 2.24) is 15.1 Å². The van der Waals surface area contributed by atoms with Gasteiger partial charge < -0.3 is 5.32 Å². The summed E-state index contributed by atoms with van der Waals surface area (Å²) in [6, 6.07) is 0.404. The molecule has 6 rings (SSSR count). The maximum Gasteiger partial charge on any atom is 0.435 e. The van der Waals surface area contributed by atoms with E-state index in [4.69, 9.17) is 0 Å². The summed E-state index contributed by atoms with van der Waals surface area (Å²) < 4.78 is 40.7. The normalized spacial score (nSPS) is 35.2. The van der Waals surface area contributed by atoms with E-state index in [1.54, 1.807) is 6.92 Å². The fourth-order valence-electron chi connectivity index (χ4n) is 6.58. The van der Waals surface area contributed by atoms with Crippen LogP contribution in [0, 0.1) is 23.2 Å². The number of nitrogens with one attached hydrogen (secondary N) is 1. The molecule has 0 aromatic carbocycles. The lowest BCUT2D eigenvalue weighted by atomic mass is 9.49. The molecule has 154 valence electrons. The molecule has 0 saturated heterocycles. The number of nitrogens with zero attached hydrogens (tertiary/aromatic N) is 2. The number of hydrogen-bond acceptors (Lipinski definition) is 2. The smallest absolute Gasteiger partial charge is 0.354 e. The molecule has 5 fully saturated rings. The van der Waals surface area contributed by atoms with Crippen molar-refractivity contribution < 1.29 is 18.0 Å². The van der Waals surface area contributed by atoms with E-state index in [2.05, 4.69) is 10.4 Å². The summed E-state index contributed by atoms with van der Waals surface area (Å²) in [4.78, 5) is 12.8. The monoisotopic (exact) mass is 395 g/mol. The molecule has 5 aliphatic rings. The standard InChI is InChI=1S/C21H28F3N3O/c1-12(27-17(16-2-3-16)7-18(26-27)21(22,23)24)19(28)25-11-20-8-13-4-14(9-20)6-15(5-13)10-20/h7,12-16H,2-6,8-11H2,1H3,(H,25,28). The lowest BCUT2D eigenvalue weighted by Gasteiger charge is -2.57. The molecule has 28 heavy (non-hydrogen) atoms. The minimum atomic E-state index is -4.48. The first-order valence-electron chi connectivity index (χ1n) is 10.7. The fourth-order valence-corrected chi connectivity index (χ4v) is 6.58. The van der Waals surface area contributed by atoms with E-state index in [1.165, 1.54) is 43.2 Å². The van der Waals surface area contributed by atoms with Crippen LogP contribution in [0.1, 0.15) is 81.6 Å². The largest absolute Gasteiger partial charge is 0.435 e. The second kappa shape index (κ2) is 6.23. The van der Waals surface area contributed by atoms with Crippen molar-refractivity contribution in [3.8, 4) is 0 Å². The highest BCUT2D eigenvalue weighted by Crippen LogP contribution is 2.59. The molecule has 7 heteroatoms. The molecule has 4 nitrogen and oxygen atoms in total. The Bertz CT molecular complexity index is 745. The first kappa shape index (κ1) is 18.5. The van der Waals surface area contributed by atoms with Crippen LogP contribution in [0.2, 0.25) is 0 Å². The van der Waals surface area contributed by atoms with Gasteiger partial charge in [0, 0.05) is 18.2 Å². The Morgan fingerprint density at radius 1 is 1.21 bits per heavy atom. The van der Waals surface area contributed by atoms with Crippen molar-refractivity contribution in [1.29, 1.82) is 0 Å². The predicted molar refractivity (Wildman–Crippen MR) is 97.5 cm³/mol. The van der Waals surface area contributed by atoms with Gasteiger partial charge >= 0.3 is 6.18 Å². The summed E-state index contributed by atoms with van der Waals surface area (Å²) in [5, 5.41) is 6.86. The number of hydrogen-bond donors (Lipinski definition) is 1. The highest BCUT2D eigenvalue weighted by atomic mass is 19.4. The van der Waals surface area contributed by atoms with Crippen molar-refractivity contribution in [3.05, 3.63) is 17.5 Å². The zero-order valence-corrected chi connectivity index (χ0v) is 16.3. The van der Waals surface area contributed by atoms with E-state index in [0.29, 0.717) is 12.2 Å². The molecule has 0 radical (unpaired) electrons. The highest BCUT2D eigenvalue weighted by Gasteiger charge is 2.51. The van der Waals surface area contributed by atoms with Gasteiger partial charge in [0.25, 0.3) is 0 Å². The van der Waals surface area contributed by atoms with E-state index < -0.39 is 17.9 Å². The zero-order valence-electron chi connectivity index (χ0n) is 16.3. The molecule has 1 aromatic heterocycles. The van der Waals surface area contributed by atoms with Crippen molar-refractivity contribution in [2.75, 3.05) is 6.54 Å². The number of amides is 1. The van der Waals surface area contributed by atoms with E-state index in [9.17, 15) is 18.0 Å². The van der Waals surface area contributed by atoms with E-state index >= 15 is 0 Å². The second-order valence-corrected chi connectivity index (χ2v) is 9.98. The van der Waals surface area contributed by atoms with Crippen molar-refractivity contribution in [2.24, 2.45) is 23.2 Å². The molecule has 1 N–H and O–H groups in total. The fraction of sp³-hybridized carbons (Fsp3) is 0.810. The van der Waals surface area contributed by atoms with Gasteiger partial charge in [-0.2, -0.15) is 18.3 Å². The average molecular weight is 395 g/mol. The third kappa shape index (κ3) is 3.24. The third-order valence-corrected chi connectivity index (χ3v) is 7.60. The number of aromatic nitrogens is 2.